The maximum atomic E-state index is 13.7. The quantitative estimate of drug-likeness (QED) is 0.518. The lowest BCUT2D eigenvalue weighted by atomic mass is 9.94. The number of aryl methyl sites for hydroxylation is 1. The number of carbonyl (C=O) groups is 2. The van der Waals surface area contributed by atoms with E-state index in [1.807, 2.05) is 42.2 Å². The molecule has 8 heteroatoms. The van der Waals surface area contributed by atoms with Crippen molar-refractivity contribution in [1.29, 1.82) is 0 Å². The second-order valence-corrected chi connectivity index (χ2v) is 9.25. The van der Waals surface area contributed by atoms with Gasteiger partial charge in [-0.1, -0.05) is 24.3 Å². The van der Waals surface area contributed by atoms with Crippen molar-refractivity contribution in [3.05, 3.63) is 59.2 Å². The molecule has 36 heavy (non-hydrogen) atoms. The lowest BCUT2D eigenvalue weighted by Crippen LogP contribution is -2.44. The molecule has 0 radical (unpaired) electrons. The van der Waals surface area contributed by atoms with E-state index in [-0.39, 0.29) is 30.4 Å². The Balaban J connectivity index is 1.60. The van der Waals surface area contributed by atoms with Gasteiger partial charge in [-0.3, -0.25) is 14.5 Å². The maximum absolute atomic E-state index is 13.7. The van der Waals surface area contributed by atoms with Gasteiger partial charge in [0.2, 0.25) is 0 Å². The SMILES string of the molecule is CCOC(=O)C1CCCN(CC(=O)N2N=C(c3ccc(OC)cc3OC)CC2c2ccccc2C)C1. The van der Waals surface area contributed by atoms with Gasteiger partial charge in [-0.15, -0.1) is 0 Å². The van der Waals surface area contributed by atoms with E-state index < -0.39 is 0 Å². The van der Waals surface area contributed by atoms with Crippen molar-refractivity contribution in [2.24, 2.45) is 11.0 Å². The van der Waals surface area contributed by atoms with Crippen LogP contribution in [0.15, 0.2) is 47.6 Å². The van der Waals surface area contributed by atoms with Crippen LogP contribution < -0.4 is 9.47 Å². The number of nitrogens with zero attached hydrogens (tertiary/aromatic N) is 3. The van der Waals surface area contributed by atoms with Gasteiger partial charge in [-0.25, -0.2) is 5.01 Å². The van der Waals surface area contributed by atoms with Crippen LogP contribution in [-0.4, -0.2) is 68.0 Å². The number of likely N-dealkylation sites (tertiary alicyclic amines) is 1. The third-order valence-corrected chi connectivity index (χ3v) is 6.92. The molecule has 0 aromatic heterocycles. The van der Waals surface area contributed by atoms with Gasteiger partial charge in [0, 0.05) is 24.6 Å². The molecule has 8 nitrogen and oxygen atoms in total. The Morgan fingerprint density at radius 2 is 1.92 bits per heavy atom. The summed E-state index contributed by atoms with van der Waals surface area (Å²) in [4.78, 5) is 28.0. The van der Waals surface area contributed by atoms with Crippen molar-refractivity contribution in [1.82, 2.24) is 9.91 Å². The van der Waals surface area contributed by atoms with E-state index in [9.17, 15) is 9.59 Å². The van der Waals surface area contributed by atoms with Crippen LogP contribution in [0.1, 0.15) is 48.9 Å². The van der Waals surface area contributed by atoms with Gasteiger partial charge in [-0.05, 0) is 56.5 Å². The number of carbonyl (C=O) groups excluding carboxylic acids is 2. The minimum Gasteiger partial charge on any atom is -0.497 e. The highest BCUT2D eigenvalue weighted by Crippen LogP contribution is 2.37. The van der Waals surface area contributed by atoms with Crippen molar-refractivity contribution in [2.75, 3.05) is 40.5 Å². The summed E-state index contributed by atoms with van der Waals surface area (Å²) in [6.07, 6.45) is 2.22. The van der Waals surface area contributed by atoms with Crippen LogP contribution in [0.25, 0.3) is 0 Å². The predicted octanol–water partition coefficient (Wildman–Crippen LogP) is 3.97. The van der Waals surface area contributed by atoms with E-state index in [0.29, 0.717) is 31.1 Å². The normalized spacial score (nSPS) is 20.1. The van der Waals surface area contributed by atoms with Gasteiger partial charge in [0.1, 0.15) is 11.5 Å². The molecule has 2 heterocycles. The highest BCUT2D eigenvalue weighted by atomic mass is 16.5. The summed E-state index contributed by atoms with van der Waals surface area (Å²) in [5.74, 6) is 0.883. The maximum Gasteiger partial charge on any atom is 0.310 e. The number of rotatable bonds is 8. The summed E-state index contributed by atoms with van der Waals surface area (Å²) in [6.45, 7) is 5.73. The number of benzene rings is 2. The second-order valence-electron chi connectivity index (χ2n) is 9.25. The molecule has 0 saturated carbocycles. The number of hydrogen-bond acceptors (Lipinski definition) is 7. The standard InChI is InChI=1S/C28H35N3O5/c1-5-36-28(33)20-10-8-14-30(17-20)18-27(32)31-25(22-11-7-6-9-19(22)2)16-24(29-31)23-13-12-21(34-3)15-26(23)35-4/h6-7,9,11-13,15,20,25H,5,8,10,14,16-18H2,1-4H3. The molecule has 192 valence electrons. The van der Waals surface area contributed by atoms with Crippen LogP contribution in [0.2, 0.25) is 0 Å². The number of methoxy groups -OCH3 is 2. The van der Waals surface area contributed by atoms with Crippen molar-refractivity contribution >= 4 is 17.6 Å². The summed E-state index contributed by atoms with van der Waals surface area (Å²) >= 11 is 0. The third-order valence-electron chi connectivity index (χ3n) is 6.92. The average molecular weight is 494 g/mol. The van der Waals surface area contributed by atoms with E-state index in [0.717, 1.165) is 41.8 Å². The molecular weight excluding hydrogens is 458 g/mol. The Hall–Kier alpha value is -3.39. The van der Waals surface area contributed by atoms with Crippen LogP contribution >= 0.6 is 0 Å². The van der Waals surface area contributed by atoms with E-state index in [2.05, 4.69) is 19.1 Å². The molecule has 2 aliphatic heterocycles. The Morgan fingerprint density at radius 1 is 1.11 bits per heavy atom. The predicted molar refractivity (Wildman–Crippen MR) is 137 cm³/mol. The summed E-state index contributed by atoms with van der Waals surface area (Å²) in [7, 11) is 3.23. The molecule has 2 aliphatic rings. The molecule has 0 N–H and O–H groups in total. The first kappa shape index (κ1) is 25.7. The van der Waals surface area contributed by atoms with Gasteiger partial charge in [0.05, 0.1) is 45.0 Å². The molecule has 1 amide bonds. The number of amides is 1. The fraction of sp³-hybridized carbons (Fsp3) is 0.464. The molecule has 2 unspecified atom stereocenters. The summed E-state index contributed by atoms with van der Waals surface area (Å²) < 4.78 is 16.2. The summed E-state index contributed by atoms with van der Waals surface area (Å²) in [5.41, 5.74) is 3.81. The number of hydrazone groups is 1. The minimum absolute atomic E-state index is 0.0877. The molecule has 2 aromatic rings. The van der Waals surface area contributed by atoms with Crippen LogP contribution in [0.4, 0.5) is 0 Å². The monoisotopic (exact) mass is 493 g/mol. The van der Waals surface area contributed by atoms with E-state index in [1.54, 1.807) is 19.2 Å². The van der Waals surface area contributed by atoms with E-state index >= 15 is 0 Å². The fourth-order valence-electron chi connectivity index (χ4n) is 5.06. The van der Waals surface area contributed by atoms with E-state index in [4.69, 9.17) is 19.3 Å². The molecule has 1 fully saturated rings. The smallest absolute Gasteiger partial charge is 0.310 e. The molecule has 0 bridgehead atoms. The molecule has 0 aliphatic carbocycles. The van der Waals surface area contributed by atoms with Gasteiger partial charge >= 0.3 is 5.97 Å². The van der Waals surface area contributed by atoms with Crippen LogP contribution in [0.5, 0.6) is 11.5 Å². The molecule has 4 rings (SSSR count). The Bertz CT molecular complexity index is 1130. The van der Waals surface area contributed by atoms with Crippen LogP contribution in [-0.2, 0) is 14.3 Å². The number of esters is 1. The van der Waals surface area contributed by atoms with Gasteiger partial charge < -0.3 is 14.2 Å². The zero-order chi connectivity index (χ0) is 25.7. The van der Waals surface area contributed by atoms with Crippen molar-refractivity contribution < 1.29 is 23.8 Å². The number of hydrogen-bond donors (Lipinski definition) is 0. The van der Waals surface area contributed by atoms with Crippen molar-refractivity contribution in [2.45, 2.75) is 39.2 Å². The van der Waals surface area contributed by atoms with Gasteiger partial charge in [0.15, 0.2) is 0 Å². The lowest BCUT2D eigenvalue weighted by molar-refractivity contribution is -0.150. The number of piperidine rings is 1. The Kier molecular flexibility index (Phi) is 8.25. The van der Waals surface area contributed by atoms with Gasteiger partial charge in [0.25, 0.3) is 5.91 Å². The van der Waals surface area contributed by atoms with E-state index in [1.165, 1.54) is 0 Å². The highest BCUT2D eigenvalue weighted by molar-refractivity contribution is 6.05. The fourth-order valence-corrected chi connectivity index (χ4v) is 5.06. The Labute approximate surface area is 212 Å². The van der Waals surface area contributed by atoms with Crippen LogP contribution in [0.3, 0.4) is 0 Å². The van der Waals surface area contributed by atoms with Crippen LogP contribution in [0, 0.1) is 12.8 Å². The Morgan fingerprint density at radius 3 is 2.64 bits per heavy atom. The molecular formula is C28H35N3O5. The first-order valence-electron chi connectivity index (χ1n) is 12.5. The third kappa shape index (κ3) is 5.54. The molecule has 2 aromatic carbocycles. The number of ether oxygens (including phenoxy) is 3. The average Bonchev–Trinajstić information content (AvgIpc) is 3.34. The molecule has 0 spiro atoms. The van der Waals surface area contributed by atoms with Crippen molar-refractivity contribution in [3.8, 4) is 11.5 Å². The zero-order valence-corrected chi connectivity index (χ0v) is 21.5. The molecule has 1 saturated heterocycles. The first-order valence-corrected chi connectivity index (χ1v) is 12.5. The topological polar surface area (TPSA) is 80.7 Å². The summed E-state index contributed by atoms with van der Waals surface area (Å²) in [6, 6.07) is 13.5. The highest BCUT2D eigenvalue weighted by Gasteiger charge is 2.36. The zero-order valence-electron chi connectivity index (χ0n) is 21.5. The second kappa shape index (κ2) is 11.6. The largest absolute Gasteiger partial charge is 0.497 e. The lowest BCUT2D eigenvalue weighted by Gasteiger charge is -2.32. The molecule has 2 atom stereocenters. The minimum atomic E-state index is -0.217. The van der Waals surface area contributed by atoms with Crippen molar-refractivity contribution in [3.63, 3.8) is 0 Å². The summed E-state index contributed by atoms with van der Waals surface area (Å²) in [5, 5.41) is 6.45. The first-order chi connectivity index (χ1) is 17.4. The van der Waals surface area contributed by atoms with Gasteiger partial charge in [-0.2, -0.15) is 5.10 Å².